The van der Waals surface area contributed by atoms with Gasteiger partial charge in [-0.1, -0.05) is 11.6 Å². The standard InChI is InChI=1S/C14H9ClN4O4/c15-10-5-12(13(20)6-11(10)19(22)23)18(14(17)21)9-3-1-8(7-16)2-4-9/h1-6,20H,(H2,17,21). The Morgan fingerprint density at radius 1 is 1.35 bits per heavy atom. The molecule has 0 bridgehead atoms. The van der Waals surface area contributed by atoms with E-state index in [1.807, 2.05) is 6.07 Å². The molecule has 3 N–H and O–H groups in total. The molecule has 9 heteroatoms. The number of amides is 2. The Balaban J connectivity index is 2.58. The number of urea groups is 1. The maximum Gasteiger partial charge on any atom is 0.324 e. The zero-order chi connectivity index (χ0) is 17.1. The van der Waals surface area contributed by atoms with Crippen LogP contribution >= 0.6 is 11.6 Å². The summed E-state index contributed by atoms with van der Waals surface area (Å²) in [4.78, 5) is 22.7. The van der Waals surface area contributed by atoms with Crippen LogP contribution in [0.5, 0.6) is 5.75 Å². The van der Waals surface area contributed by atoms with Gasteiger partial charge in [0.2, 0.25) is 0 Å². The molecule has 0 saturated heterocycles. The van der Waals surface area contributed by atoms with E-state index >= 15 is 0 Å². The third-order valence-electron chi connectivity index (χ3n) is 2.96. The highest BCUT2D eigenvalue weighted by Crippen LogP contribution is 2.39. The number of phenolic OH excluding ortho intramolecular Hbond substituents is 1. The molecule has 23 heavy (non-hydrogen) atoms. The third-order valence-corrected chi connectivity index (χ3v) is 3.26. The lowest BCUT2D eigenvalue weighted by molar-refractivity contribution is -0.384. The van der Waals surface area contributed by atoms with Crippen molar-refractivity contribution < 1.29 is 14.8 Å². The fourth-order valence-corrected chi connectivity index (χ4v) is 2.16. The van der Waals surface area contributed by atoms with Crippen molar-refractivity contribution in [3.05, 3.63) is 57.1 Å². The summed E-state index contributed by atoms with van der Waals surface area (Å²) in [5.74, 6) is -0.538. The van der Waals surface area contributed by atoms with Crippen molar-refractivity contribution in [1.29, 1.82) is 5.26 Å². The average molecular weight is 333 g/mol. The number of primary amides is 1. The quantitative estimate of drug-likeness (QED) is 0.658. The highest BCUT2D eigenvalue weighted by Gasteiger charge is 2.23. The molecule has 0 unspecified atom stereocenters. The number of aromatic hydroxyl groups is 1. The number of nitro benzene ring substituents is 1. The van der Waals surface area contributed by atoms with Gasteiger partial charge in [0.15, 0.2) is 0 Å². The lowest BCUT2D eigenvalue weighted by Gasteiger charge is -2.21. The second kappa shape index (κ2) is 6.21. The first-order valence-electron chi connectivity index (χ1n) is 6.11. The van der Waals surface area contributed by atoms with Gasteiger partial charge in [0.1, 0.15) is 10.8 Å². The summed E-state index contributed by atoms with van der Waals surface area (Å²) in [5.41, 5.74) is 5.33. The van der Waals surface area contributed by atoms with Crippen LogP contribution in [-0.4, -0.2) is 16.1 Å². The number of rotatable bonds is 3. The number of benzene rings is 2. The van der Waals surface area contributed by atoms with Crippen LogP contribution in [0.2, 0.25) is 5.02 Å². The van der Waals surface area contributed by atoms with E-state index in [1.54, 1.807) is 0 Å². The molecule has 0 spiro atoms. The van der Waals surface area contributed by atoms with Gasteiger partial charge in [-0.15, -0.1) is 0 Å². The fraction of sp³-hybridized carbons (Fsp3) is 0. The van der Waals surface area contributed by atoms with Crippen LogP contribution in [0.15, 0.2) is 36.4 Å². The summed E-state index contributed by atoms with van der Waals surface area (Å²) < 4.78 is 0. The first kappa shape index (κ1) is 16.1. The van der Waals surface area contributed by atoms with E-state index in [2.05, 4.69) is 0 Å². The van der Waals surface area contributed by atoms with Gasteiger partial charge in [-0.2, -0.15) is 5.26 Å². The lowest BCUT2D eigenvalue weighted by atomic mass is 10.2. The molecule has 0 heterocycles. The third kappa shape index (κ3) is 3.14. The minimum atomic E-state index is -0.935. The van der Waals surface area contributed by atoms with Gasteiger partial charge in [0.05, 0.1) is 34.0 Å². The zero-order valence-corrected chi connectivity index (χ0v) is 12.2. The molecule has 2 amide bonds. The van der Waals surface area contributed by atoms with Crippen molar-refractivity contribution in [2.75, 3.05) is 4.90 Å². The molecular formula is C14H9ClN4O4. The predicted molar refractivity (Wildman–Crippen MR) is 82.7 cm³/mol. The van der Waals surface area contributed by atoms with Gasteiger partial charge in [-0.3, -0.25) is 15.0 Å². The Kier molecular flexibility index (Phi) is 4.34. The Morgan fingerprint density at radius 3 is 2.43 bits per heavy atom. The second-order valence-electron chi connectivity index (χ2n) is 4.38. The number of carbonyl (C=O) groups excluding carboxylic acids is 1. The Morgan fingerprint density at radius 2 is 1.96 bits per heavy atom. The number of nitro groups is 1. The van der Waals surface area contributed by atoms with Gasteiger partial charge in [-0.05, 0) is 30.3 Å². The van der Waals surface area contributed by atoms with E-state index in [9.17, 15) is 20.0 Å². The molecule has 0 fully saturated rings. The van der Waals surface area contributed by atoms with Crippen molar-refractivity contribution in [3.63, 3.8) is 0 Å². The summed E-state index contributed by atoms with van der Waals surface area (Å²) >= 11 is 5.81. The molecule has 116 valence electrons. The van der Waals surface area contributed by atoms with Crippen molar-refractivity contribution in [2.24, 2.45) is 5.73 Å². The molecule has 0 aliphatic rings. The molecule has 2 aromatic carbocycles. The first-order chi connectivity index (χ1) is 10.8. The molecule has 0 radical (unpaired) electrons. The number of phenols is 1. The van der Waals surface area contributed by atoms with Gasteiger partial charge >= 0.3 is 6.03 Å². The predicted octanol–water partition coefficient (Wildman–Crippen LogP) is 3.04. The van der Waals surface area contributed by atoms with E-state index in [4.69, 9.17) is 22.6 Å². The van der Waals surface area contributed by atoms with Crippen LogP contribution in [0.3, 0.4) is 0 Å². The number of halogens is 1. The molecule has 0 aliphatic heterocycles. The molecule has 2 aromatic rings. The maximum absolute atomic E-state index is 11.7. The summed E-state index contributed by atoms with van der Waals surface area (Å²) in [5, 5.41) is 29.3. The van der Waals surface area contributed by atoms with E-state index in [0.29, 0.717) is 5.56 Å². The number of nitriles is 1. The average Bonchev–Trinajstić information content (AvgIpc) is 2.50. The van der Waals surface area contributed by atoms with Crippen molar-refractivity contribution in [2.45, 2.75) is 0 Å². The van der Waals surface area contributed by atoms with E-state index < -0.39 is 22.4 Å². The van der Waals surface area contributed by atoms with Crippen molar-refractivity contribution in [3.8, 4) is 11.8 Å². The second-order valence-corrected chi connectivity index (χ2v) is 4.79. The highest BCUT2D eigenvalue weighted by atomic mass is 35.5. The lowest BCUT2D eigenvalue weighted by Crippen LogP contribution is -2.31. The Labute approximate surface area is 135 Å². The van der Waals surface area contributed by atoms with Crippen LogP contribution in [-0.2, 0) is 0 Å². The monoisotopic (exact) mass is 332 g/mol. The molecule has 0 atom stereocenters. The van der Waals surface area contributed by atoms with Crippen molar-refractivity contribution in [1.82, 2.24) is 0 Å². The minimum absolute atomic E-state index is 0.113. The van der Waals surface area contributed by atoms with E-state index in [0.717, 1.165) is 17.0 Å². The zero-order valence-electron chi connectivity index (χ0n) is 11.4. The van der Waals surface area contributed by atoms with Gasteiger partial charge in [-0.25, -0.2) is 4.79 Å². The number of anilines is 2. The van der Waals surface area contributed by atoms with Crippen LogP contribution in [0.25, 0.3) is 0 Å². The number of nitrogens with two attached hydrogens (primary N) is 1. The van der Waals surface area contributed by atoms with Crippen LogP contribution in [0.1, 0.15) is 5.56 Å². The summed E-state index contributed by atoms with van der Waals surface area (Å²) in [6, 6.07) is 8.68. The molecule has 0 aromatic heterocycles. The summed E-state index contributed by atoms with van der Waals surface area (Å²) in [6.07, 6.45) is 0. The number of carbonyl (C=O) groups is 1. The first-order valence-corrected chi connectivity index (χ1v) is 6.49. The van der Waals surface area contributed by atoms with Gasteiger partial charge in [0, 0.05) is 0 Å². The number of nitrogens with zero attached hydrogens (tertiary/aromatic N) is 3. The Bertz CT molecular complexity index is 830. The fourth-order valence-electron chi connectivity index (χ4n) is 1.93. The van der Waals surface area contributed by atoms with Crippen LogP contribution in [0.4, 0.5) is 21.9 Å². The largest absolute Gasteiger partial charge is 0.505 e. The van der Waals surface area contributed by atoms with Crippen molar-refractivity contribution >= 4 is 34.7 Å². The van der Waals surface area contributed by atoms with E-state index in [1.165, 1.54) is 24.3 Å². The van der Waals surface area contributed by atoms with Gasteiger partial charge in [0.25, 0.3) is 5.69 Å². The summed E-state index contributed by atoms with van der Waals surface area (Å²) in [7, 11) is 0. The maximum atomic E-state index is 11.7. The Hall–Kier alpha value is -3.31. The van der Waals surface area contributed by atoms with Crippen LogP contribution < -0.4 is 10.6 Å². The SMILES string of the molecule is N#Cc1ccc(N(C(N)=O)c2cc(Cl)c([N+](=O)[O-])cc2O)cc1. The minimum Gasteiger partial charge on any atom is -0.505 e. The molecule has 0 saturated carbocycles. The normalized spacial score (nSPS) is 9.91. The highest BCUT2D eigenvalue weighted by molar-refractivity contribution is 6.33. The molecule has 2 rings (SSSR count). The topological polar surface area (TPSA) is 133 Å². The number of hydrogen-bond acceptors (Lipinski definition) is 5. The number of hydrogen-bond donors (Lipinski definition) is 2. The summed E-state index contributed by atoms with van der Waals surface area (Å²) in [6.45, 7) is 0. The molecule has 8 nitrogen and oxygen atoms in total. The van der Waals surface area contributed by atoms with Gasteiger partial charge < -0.3 is 10.8 Å². The molecule has 0 aliphatic carbocycles. The van der Waals surface area contributed by atoms with E-state index in [-0.39, 0.29) is 16.4 Å². The van der Waals surface area contributed by atoms with Crippen LogP contribution in [0, 0.1) is 21.4 Å². The molecular weight excluding hydrogens is 324 g/mol. The smallest absolute Gasteiger partial charge is 0.324 e.